The molecule has 1 fully saturated rings. The van der Waals surface area contributed by atoms with Crippen molar-refractivity contribution in [2.75, 3.05) is 6.67 Å². The normalized spacial score (nSPS) is 23.2. The molecule has 24 heavy (non-hydrogen) atoms. The van der Waals surface area contributed by atoms with Crippen LogP contribution in [0.2, 0.25) is 0 Å². The molecule has 1 heterocycles. The highest BCUT2D eigenvalue weighted by Gasteiger charge is 2.58. The standard InChI is InChI=1S/C17H13BrFNO4/c18-13-8-4-7-12(9-13)14-17(23,10-19)20(16(22)24-14)15(21)11-5-2-1-3-6-11/h1-9,14,23H,10H2. The Balaban J connectivity index is 2.02. The molecule has 2 unspecified atom stereocenters. The summed E-state index contributed by atoms with van der Waals surface area (Å²) >= 11 is 3.27. The summed E-state index contributed by atoms with van der Waals surface area (Å²) in [6.45, 7) is -1.35. The van der Waals surface area contributed by atoms with Crippen molar-refractivity contribution in [2.45, 2.75) is 11.8 Å². The molecular formula is C17H13BrFNO4. The second kappa shape index (κ2) is 6.33. The average molecular weight is 394 g/mol. The molecule has 2 amide bonds. The van der Waals surface area contributed by atoms with Gasteiger partial charge in [0, 0.05) is 10.0 Å². The average Bonchev–Trinajstić information content (AvgIpc) is 2.86. The lowest BCUT2D eigenvalue weighted by Gasteiger charge is -2.30. The number of hydrogen-bond acceptors (Lipinski definition) is 4. The number of aliphatic hydroxyl groups is 1. The minimum absolute atomic E-state index is 0.149. The van der Waals surface area contributed by atoms with Gasteiger partial charge in [0.05, 0.1) is 0 Å². The van der Waals surface area contributed by atoms with Crippen LogP contribution in [0.1, 0.15) is 22.0 Å². The number of alkyl halides is 1. The molecule has 0 saturated carbocycles. The zero-order chi connectivity index (χ0) is 17.3. The molecule has 2 atom stereocenters. The minimum Gasteiger partial charge on any atom is -0.436 e. The molecule has 124 valence electrons. The van der Waals surface area contributed by atoms with Gasteiger partial charge in [0.2, 0.25) is 5.72 Å². The van der Waals surface area contributed by atoms with Crippen molar-refractivity contribution in [1.29, 1.82) is 0 Å². The number of amides is 2. The van der Waals surface area contributed by atoms with Crippen molar-refractivity contribution in [3.05, 3.63) is 70.2 Å². The van der Waals surface area contributed by atoms with Gasteiger partial charge in [0.25, 0.3) is 5.91 Å². The fourth-order valence-corrected chi connectivity index (χ4v) is 3.04. The van der Waals surface area contributed by atoms with Crippen molar-refractivity contribution < 1.29 is 23.8 Å². The second-order valence-electron chi connectivity index (χ2n) is 5.34. The van der Waals surface area contributed by atoms with Crippen LogP contribution in [0.4, 0.5) is 9.18 Å². The number of rotatable bonds is 3. The van der Waals surface area contributed by atoms with Crippen LogP contribution in [0.5, 0.6) is 0 Å². The van der Waals surface area contributed by atoms with E-state index in [0.717, 1.165) is 0 Å². The van der Waals surface area contributed by atoms with Gasteiger partial charge in [0.1, 0.15) is 6.67 Å². The molecule has 0 aliphatic carbocycles. The number of imide groups is 1. The molecule has 5 nitrogen and oxygen atoms in total. The molecule has 2 aromatic carbocycles. The number of cyclic esters (lactones) is 1. The summed E-state index contributed by atoms with van der Waals surface area (Å²) in [5.41, 5.74) is -1.89. The third-order valence-corrected chi connectivity index (χ3v) is 4.27. The molecule has 0 spiro atoms. The summed E-state index contributed by atoms with van der Waals surface area (Å²) in [5.74, 6) is -0.821. The summed E-state index contributed by atoms with van der Waals surface area (Å²) in [6, 6.07) is 14.4. The van der Waals surface area contributed by atoms with E-state index in [2.05, 4.69) is 15.9 Å². The van der Waals surface area contributed by atoms with E-state index in [4.69, 9.17) is 4.74 Å². The summed E-state index contributed by atoms with van der Waals surface area (Å²) in [6.07, 6.45) is -2.41. The van der Waals surface area contributed by atoms with E-state index in [9.17, 15) is 19.1 Å². The van der Waals surface area contributed by atoms with Gasteiger partial charge in [-0.2, -0.15) is 0 Å². The summed E-state index contributed by atoms with van der Waals surface area (Å²) in [4.78, 5) is 25.2. The van der Waals surface area contributed by atoms with Crippen LogP contribution in [-0.4, -0.2) is 34.4 Å². The van der Waals surface area contributed by atoms with Gasteiger partial charge >= 0.3 is 6.09 Å². The summed E-state index contributed by atoms with van der Waals surface area (Å²) in [5, 5.41) is 10.7. The molecule has 0 bridgehead atoms. The number of halogens is 2. The maximum Gasteiger partial charge on any atom is 0.420 e. The van der Waals surface area contributed by atoms with E-state index in [1.54, 1.807) is 42.5 Å². The lowest BCUT2D eigenvalue weighted by atomic mass is 9.98. The maximum absolute atomic E-state index is 13.7. The van der Waals surface area contributed by atoms with Crippen molar-refractivity contribution >= 4 is 27.9 Å². The van der Waals surface area contributed by atoms with Crippen LogP contribution in [-0.2, 0) is 4.74 Å². The van der Waals surface area contributed by atoms with Gasteiger partial charge in [-0.1, -0.05) is 46.3 Å². The quantitative estimate of drug-likeness (QED) is 0.866. The third-order valence-electron chi connectivity index (χ3n) is 3.78. The van der Waals surface area contributed by atoms with Gasteiger partial charge in [0.15, 0.2) is 6.10 Å². The smallest absolute Gasteiger partial charge is 0.420 e. The number of benzene rings is 2. The van der Waals surface area contributed by atoms with Gasteiger partial charge in [-0.25, -0.2) is 14.1 Å². The Labute approximate surface area is 145 Å². The third kappa shape index (κ3) is 2.70. The van der Waals surface area contributed by atoms with Gasteiger partial charge in [-0.05, 0) is 29.8 Å². The first-order valence-electron chi connectivity index (χ1n) is 7.11. The fraction of sp³-hybridized carbons (Fsp3) is 0.176. The number of ether oxygens (including phenoxy) is 1. The predicted octanol–water partition coefficient (Wildman–Crippen LogP) is 3.44. The zero-order valence-corrected chi connectivity index (χ0v) is 13.9. The van der Waals surface area contributed by atoms with E-state index in [0.29, 0.717) is 14.9 Å². The van der Waals surface area contributed by atoms with Crippen molar-refractivity contribution in [2.24, 2.45) is 0 Å². The Morgan fingerprint density at radius 1 is 1.25 bits per heavy atom. The minimum atomic E-state index is -2.41. The predicted molar refractivity (Wildman–Crippen MR) is 86.9 cm³/mol. The fourth-order valence-electron chi connectivity index (χ4n) is 2.63. The SMILES string of the molecule is O=C1OC(c2cccc(Br)c2)C(O)(CF)N1C(=O)c1ccccc1. The highest BCUT2D eigenvalue weighted by molar-refractivity contribution is 9.10. The van der Waals surface area contributed by atoms with Gasteiger partial charge in [-0.15, -0.1) is 0 Å². The lowest BCUT2D eigenvalue weighted by Crippen LogP contribution is -2.53. The molecule has 1 aliphatic heterocycles. The van der Waals surface area contributed by atoms with Crippen LogP contribution in [0.15, 0.2) is 59.1 Å². The molecule has 3 rings (SSSR count). The number of nitrogens with zero attached hydrogens (tertiary/aromatic N) is 1. The molecule has 1 N–H and O–H groups in total. The Hall–Kier alpha value is -2.25. The van der Waals surface area contributed by atoms with E-state index < -0.39 is 30.5 Å². The van der Waals surface area contributed by atoms with E-state index in [-0.39, 0.29) is 5.56 Å². The first-order chi connectivity index (χ1) is 11.5. The van der Waals surface area contributed by atoms with Crippen molar-refractivity contribution in [1.82, 2.24) is 4.90 Å². The molecule has 7 heteroatoms. The molecule has 1 aliphatic rings. The second-order valence-corrected chi connectivity index (χ2v) is 6.25. The molecule has 0 aromatic heterocycles. The zero-order valence-electron chi connectivity index (χ0n) is 12.4. The highest BCUT2D eigenvalue weighted by atomic mass is 79.9. The van der Waals surface area contributed by atoms with E-state index >= 15 is 0 Å². The number of carbonyl (C=O) groups is 2. The van der Waals surface area contributed by atoms with E-state index in [1.165, 1.54) is 12.1 Å². The maximum atomic E-state index is 13.7. The first-order valence-corrected chi connectivity index (χ1v) is 7.90. The topological polar surface area (TPSA) is 66.8 Å². The van der Waals surface area contributed by atoms with Crippen molar-refractivity contribution in [3.63, 3.8) is 0 Å². The van der Waals surface area contributed by atoms with Crippen LogP contribution < -0.4 is 0 Å². The Bertz CT molecular complexity index is 785. The Morgan fingerprint density at radius 2 is 1.96 bits per heavy atom. The van der Waals surface area contributed by atoms with Crippen molar-refractivity contribution in [3.8, 4) is 0 Å². The highest BCUT2D eigenvalue weighted by Crippen LogP contribution is 2.41. The molecule has 2 aromatic rings. The van der Waals surface area contributed by atoms with E-state index in [1.807, 2.05) is 0 Å². The van der Waals surface area contributed by atoms with Crippen LogP contribution in [0, 0.1) is 0 Å². The van der Waals surface area contributed by atoms with Crippen LogP contribution in [0.3, 0.4) is 0 Å². The summed E-state index contributed by atoms with van der Waals surface area (Å²) in [7, 11) is 0. The van der Waals surface area contributed by atoms with Gasteiger partial charge in [-0.3, -0.25) is 4.79 Å². The molecular weight excluding hydrogens is 381 g/mol. The number of hydrogen-bond donors (Lipinski definition) is 1. The van der Waals surface area contributed by atoms with Gasteiger partial charge < -0.3 is 9.84 Å². The first kappa shape index (κ1) is 16.6. The summed E-state index contributed by atoms with van der Waals surface area (Å²) < 4.78 is 19.5. The molecule has 0 radical (unpaired) electrons. The lowest BCUT2D eigenvalue weighted by molar-refractivity contribution is -0.103. The Morgan fingerprint density at radius 3 is 2.58 bits per heavy atom. The van der Waals surface area contributed by atoms with Crippen LogP contribution >= 0.6 is 15.9 Å². The molecule has 1 saturated heterocycles. The Kier molecular flexibility index (Phi) is 4.38. The van der Waals surface area contributed by atoms with Crippen LogP contribution in [0.25, 0.3) is 0 Å². The largest absolute Gasteiger partial charge is 0.436 e. The number of carbonyl (C=O) groups excluding carboxylic acids is 2. The monoisotopic (exact) mass is 393 g/mol.